The van der Waals surface area contributed by atoms with Crippen molar-refractivity contribution in [1.29, 1.82) is 0 Å². The number of esters is 1. The molecule has 0 fully saturated rings. The van der Waals surface area contributed by atoms with Crippen LogP contribution in [0.15, 0.2) is 29.4 Å². The number of anilines is 1. The van der Waals surface area contributed by atoms with Gasteiger partial charge in [0.15, 0.2) is 17.1 Å². The van der Waals surface area contributed by atoms with Crippen LogP contribution in [0.5, 0.6) is 5.75 Å². The molecular formula is C27H34N4O4S2. The van der Waals surface area contributed by atoms with Crippen molar-refractivity contribution in [3.8, 4) is 5.75 Å². The summed E-state index contributed by atoms with van der Waals surface area (Å²) in [5.41, 5.74) is 2.82. The second-order valence-electron chi connectivity index (χ2n) is 8.98. The monoisotopic (exact) mass is 542 g/mol. The van der Waals surface area contributed by atoms with Crippen LogP contribution in [-0.4, -0.2) is 39.0 Å². The third-order valence-corrected chi connectivity index (χ3v) is 8.59. The van der Waals surface area contributed by atoms with E-state index in [4.69, 9.17) is 9.47 Å². The molecule has 198 valence electrons. The van der Waals surface area contributed by atoms with E-state index in [1.165, 1.54) is 33.5 Å². The molecule has 1 aromatic carbocycles. The molecule has 1 amide bonds. The fourth-order valence-corrected chi connectivity index (χ4v) is 6.42. The highest BCUT2D eigenvalue weighted by atomic mass is 32.2. The minimum Gasteiger partial charge on any atom is -0.483 e. The van der Waals surface area contributed by atoms with Crippen molar-refractivity contribution in [3.63, 3.8) is 0 Å². The van der Waals surface area contributed by atoms with Crippen molar-refractivity contribution in [1.82, 2.24) is 14.8 Å². The number of thiophene rings is 1. The fraction of sp³-hybridized carbons (Fsp3) is 0.481. The number of hydrogen-bond acceptors (Lipinski definition) is 8. The first kappa shape index (κ1) is 27.2. The van der Waals surface area contributed by atoms with Gasteiger partial charge in [-0.2, -0.15) is 0 Å². The van der Waals surface area contributed by atoms with Gasteiger partial charge in [-0.1, -0.05) is 37.2 Å². The Morgan fingerprint density at radius 1 is 1.14 bits per heavy atom. The maximum atomic E-state index is 12.9. The molecule has 1 unspecified atom stereocenters. The summed E-state index contributed by atoms with van der Waals surface area (Å²) < 4.78 is 13.2. The Bertz CT molecular complexity index is 1240. The van der Waals surface area contributed by atoms with Crippen molar-refractivity contribution in [2.24, 2.45) is 7.05 Å². The van der Waals surface area contributed by atoms with Gasteiger partial charge in [-0.15, -0.1) is 21.5 Å². The molecule has 0 saturated carbocycles. The molecule has 2 aromatic heterocycles. The minimum absolute atomic E-state index is 0.143. The van der Waals surface area contributed by atoms with Crippen LogP contribution in [0.3, 0.4) is 0 Å². The van der Waals surface area contributed by atoms with Gasteiger partial charge in [-0.3, -0.25) is 4.79 Å². The van der Waals surface area contributed by atoms with Gasteiger partial charge in [-0.05, 0) is 69.2 Å². The summed E-state index contributed by atoms with van der Waals surface area (Å²) in [4.78, 5) is 26.8. The summed E-state index contributed by atoms with van der Waals surface area (Å²) in [6.45, 7) is 6.14. The lowest BCUT2D eigenvalue weighted by molar-refractivity contribution is -0.113. The number of carbonyl (C=O) groups is 2. The molecular weight excluding hydrogens is 508 g/mol. The van der Waals surface area contributed by atoms with E-state index in [1.54, 1.807) is 6.92 Å². The van der Waals surface area contributed by atoms with Crippen LogP contribution in [0.4, 0.5) is 5.00 Å². The average molecular weight is 543 g/mol. The van der Waals surface area contributed by atoms with Gasteiger partial charge >= 0.3 is 5.97 Å². The molecule has 0 radical (unpaired) electrons. The maximum Gasteiger partial charge on any atom is 0.341 e. The van der Waals surface area contributed by atoms with Crippen LogP contribution in [0, 0.1) is 0 Å². The largest absolute Gasteiger partial charge is 0.483 e. The number of rotatable bonds is 10. The molecule has 0 spiro atoms. The lowest BCUT2D eigenvalue weighted by atomic mass is 10.1. The third-order valence-electron chi connectivity index (χ3n) is 6.36. The first-order chi connectivity index (χ1) is 17.9. The summed E-state index contributed by atoms with van der Waals surface area (Å²) in [5, 5.41) is 12.7. The van der Waals surface area contributed by atoms with E-state index in [-0.39, 0.29) is 23.7 Å². The molecule has 2 heterocycles. The molecule has 4 rings (SSSR count). The number of fused-ring (bicyclic) bond motifs is 1. The van der Waals surface area contributed by atoms with E-state index in [9.17, 15) is 9.59 Å². The van der Waals surface area contributed by atoms with Crippen LogP contribution >= 0.6 is 23.1 Å². The zero-order valence-corrected chi connectivity index (χ0v) is 23.5. The normalized spacial score (nSPS) is 13.9. The second kappa shape index (κ2) is 12.6. The number of benzene rings is 1. The van der Waals surface area contributed by atoms with Crippen molar-refractivity contribution in [2.45, 2.75) is 70.6 Å². The van der Waals surface area contributed by atoms with Gasteiger partial charge in [0.1, 0.15) is 10.8 Å². The number of aromatic nitrogens is 3. The Hall–Kier alpha value is -2.85. The van der Waals surface area contributed by atoms with Gasteiger partial charge in [0.05, 0.1) is 17.9 Å². The van der Waals surface area contributed by atoms with E-state index >= 15 is 0 Å². The fourth-order valence-electron chi connectivity index (χ4n) is 4.41. The first-order valence-corrected chi connectivity index (χ1v) is 14.6. The predicted octanol–water partition coefficient (Wildman–Crippen LogP) is 5.76. The molecule has 37 heavy (non-hydrogen) atoms. The molecule has 1 aliphatic carbocycles. The van der Waals surface area contributed by atoms with Crippen LogP contribution in [0.25, 0.3) is 0 Å². The number of amides is 1. The van der Waals surface area contributed by atoms with Crippen molar-refractivity contribution < 1.29 is 19.1 Å². The second-order valence-corrected chi connectivity index (χ2v) is 11.0. The average Bonchev–Trinajstić information content (AvgIpc) is 3.33. The zero-order chi connectivity index (χ0) is 26.4. The number of carbonyl (C=O) groups excluding carboxylic acids is 2. The molecule has 1 atom stereocenters. The summed E-state index contributed by atoms with van der Waals surface area (Å²) in [6.07, 6.45) is 5.74. The summed E-state index contributed by atoms with van der Waals surface area (Å²) in [7, 11) is 1.87. The van der Waals surface area contributed by atoms with E-state index in [1.807, 2.05) is 30.7 Å². The highest BCUT2D eigenvalue weighted by molar-refractivity contribution is 7.99. The van der Waals surface area contributed by atoms with Crippen LogP contribution in [0.1, 0.15) is 78.3 Å². The Labute approximate surface area is 226 Å². The Balaban J connectivity index is 1.40. The molecule has 0 aliphatic heterocycles. The van der Waals surface area contributed by atoms with E-state index in [0.29, 0.717) is 28.2 Å². The van der Waals surface area contributed by atoms with Gasteiger partial charge < -0.3 is 19.4 Å². The standard InChI is InChI=1S/C27H34N4O4S2/c1-5-18-12-14-19(15-13-18)35-17(3)24-29-30-27(31(24)4)36-16-22(32)28-25-23(26(33)34-6-2)20-10-8-7-9-11-21(20)37-25/h12-15,17H,5-11,16H2,1-4H3,(H,28,32). The van der Waals surface area contributed by atoms with Crippen LogP contribution in [0.2, 0.25) is 0 Å². The molecule has 1 N–H and O–H groups in total. The van der Waals surface area contributed by atoms with Crippen molar-refractivity contribution in [3.05, 3.63) is 51.7 Å². The topological polar surface area (TPSA) is 95.3 Å². The molecule has 0 saturated heterocycles. The van der Waals surface area contributed by atoms with Gasteiger partial charge in [0.2, 0.25) is 5.91 Å². The zero-order valence-electron chi connectivity index (χ0n) is 21.8. The quantitative estimate of drug-likeness (QED) is 0.198. The summed E-state index contributed by atoms with van der Waals surface area (Å²) in [5.74, 6) is 1.03. The predicted molar refractivity (Wildman–Crippen MR) is 147 cm³/mol. The van der Waals surface area contributed by atoms with E-state index < -0.39 is 0 Å². The number of thioether (sulfide) groups is 1. The number of nitrogens with one attached hydrogen (secondary N) is 1. The van der Waals surface area contributed by atoms with Gasteiger partial charge in [0, 0.05) is 11.9 Å². The third kappa shape index (κ3) is 6.54. The van der Waals surface area contributed by atoms with Crippen molar-refractivity contribution in [2.75, 3.05) is 17.7 Å². The summed E-state index contributed by atoms with van der Waals surface area (Å²) >= 11 is 2.80. The number of ether oxygens (including phenoxy) is 2. The van der Waals surface area contributed by atoms with Crippen LogP contribution < -0.4 is 10.1 Å². The molecule has 8 nitrogen and oxygen atoms in total. The number of nitrogens with zero attached hydrogens (tertiary/aromatic N) is 3. The molecule has 1 aliphatic rings. The summed E-state index contributed by atoms with van der Waals surface area (Å²) in [6, 6.07) is 8.02. The van der Waals surface area contributed by atoms with E-state index in [0.717, 1.165) is 49.8 Å². The Kier molecular flexibility index (Phi) is 9.26. The first-order valence-electron chi connectivity index (χ1n) is 12.8. The lowest BCUT2D eigenvalue weighted by Crippen LogP contribution is -2.17. The van der Waals surface area contributed by atoms with Gasteiger partial charge in [0.25, 0.3) is 0 Å². The Morgan fingerprint density at radius 2 is 1.89 bits per heavy atom. The number of hydrogen-bond donors (Lipinski definition) is 1. The minimum atomic E-state index is -0.360. The molecule has 10 heteroatoms. The molecule has 0 bridgehead atoms. The number of aryl methyl sites for hydroxylation is 2. The smallest absolute Gasteiger partial charge is 0.341 e. The molecule has 3 aromatic rings. The maximum absolute atomic E-state index is 12.9. The Morgan fingerprint density at radius 3 is 2.62 bits per heavy atom. The van der Waals surface area contributed by atoms with Crippen molar-refractivity contribution >= 4 is 40.0 Å². The lowest BCUT2D eigenvalue weighted by Gasteiger charge is -2.14. The SMILES string of the molecule is CCOC(=O)c1c(NC(=O)CSc2nnc(C(C)Oc3ccc(CC)cc3)n2C)sc2c1CCCCC2. The van der Waals surface area contributed by atoms with Crippen LogP contribution in [-0.2, 0) is 35.8 Å². The highest BCUT2D eigenvalue weighted by Gasteiger charge is 2.27. The highest BCUT2D eigenvalue weighted by Crippen LogP contribution is 2.38. The van der Waals surface area contributed by atoms with E-state index in [2.05, 4.69) is 34.6 Å². The van der Waals surface area contributed by atoms with Gasteiger partial charge in [-0.25, -0.2) is 4.79 Å².